The molecule has 0 fully saturated rings. The first-order valence-electron chi connectivity index (χ1n) is 5.15. The maximum Gasteiger partial charge on any atom is 0.339 e. The molecule has 0 saturated carbocycles. The molecule has 0 N–H and O–H groups in total. The molecule has 0 radical (unpaired) electrons. The zero-order valence-electron chi connectivity index (χ0n) is 9.60. The van der Waals surface area contributed by atoms with E-state index in [2.05, 4.69) is 6.58 Å². The van der Waals surface area contributed by atoms with Gasteiger partial charge in [-0.15, -0.1) is 0 Å². The minimum absolute atomic E-state index is 0.255. The third-order valence-electron chi connectivity index (χ3n) is 1.84. The molecule has 5 nitrogen and oxygen atoms in total. The maximum atomic E-state index is 11.0. The predicted octanol–water partition coefficient (Wildman–Crippen LogP) is 1.45. The highest BCUT2D eigenvalue weighted by Gasteiger charge is 2.00. The summed E-state index contributed by atoms with van der Waals surface area (Å²) in [6.07, 6.45) is 1.64. The van der Waals surface area contributed by atoms with Gasteiger partial charge in [-0.2, -0.15) is 0 Å². The zero-order valence-corrected chi connectivity index (χ0v) is 9.60. The van der Waals surface area contributed by atoms with Crippen LogP contribution in [0.1, 0.15) is 12.2 Å². The van der Waals surface area contributed by atoms with Gasteiger partial charge in [0.2, 0.25) is 0 Å². The predicted molar refractivity (Wildman–Crippen MR) is 61.0 cm³/mol. The Morgan fingerprint density at radius 2 is 2.24 bits per heavy atom. The Kier molecular flexibility index (Phi) is 5.00. The van der Waals surface area contributed by atoms with E-state index in [1.54, 1.807) is 13.0 Å². The minimum atomic E-state index is -0.457. The standard InChI is InChI=1S/C12H14O5/c1-3-11(13)16-6-4-5-15-10-7-9(2)17-12(14)8-10/h3,7-8H,1,4-6H2,2H3. The number of ether oxygens (including phenoxy) is 2. The van der Waals surface area contributed by atoms with Crippen LogP contribution in [0.25, 0.3) is 0 Å². The van der Waals surface area contributed by atoms with E-state index >= 15 is 0 Å². The second-order valence-electron chi connectivity index (χ2n) is 3.30. The molecule has 0 saturated heterocycles. The normalized spacial score (nSPS) is 9.71. The highest BCUT2D eigenvalue weighted by Crippen LogP contribution is 2.09. The molecule has 0 aromatic carbocycles. The van der Waals surface area contributed by atoms with Gasteiger partial charge in [0.25, 0.3) is 0 Å². The van der Waals surface area contributed by atoms with E-state index in [9.17, 15) is 9.59 Å². The Hall–Kier alpha value is -2.04. The third-order valence-corrected chi connectivity index (χ3v) is 1.84. The molecule has 5 heteroatoms. The number of hydrogen-bond donors (Lipinski definition) is 0. The molecule has 0 bridgehead atoms. The summed E-state index contributed by atoms with van der Waals surface area (Å²) >= 11 is 0. The van der Waals surface area contributed by atoms with Crippen LogP contribution in [0.4, 0.5) is 0 Å². The van der Waals surface area contributed by atoms with Crippen LogP contribution in [-0.4, -0.2) is 19.2 Å². The van der Waals surface area contributed by atoms with E-state index in [4.69, 9.17) is 13.9 Å². The molecule has 0 aliphatic carbocycles. The maximum absolute atomic E-state index is 11.0. The van der Waals surface area contributed by atoms with E-state index in [1.165, 1.54) is 6.07 Å². The van der Waals surface area contributed by atoms with E-state index in [1.807, 2.05) is 0 Å². The molecule has 0 aliphatic rings. The van der Waals surface area contributed by atoms with Gasteiger partial charge in [0.15, 0.2) is 0 Å². The van der Waals surface area contributed by atoms with Crippen LogP contribution < -0.4 is 10.4 Å². The lowest BCUT2D eigenvalue weighted by Gasteiger charge is -2.05. The highest BCUT2D eigenvalue weighted by molar-refractivity contribution is 5.81. The third kappa shape index (κ3) is 5.01. The molecule has 0 unspecified atom stereocenters. The molecule has 1 rings (SSSR count). The van der Waals surface area contributed by atoms with Crippen LogP contribution in [0.3, 0.4) is 0 Å². The summed E-state index contributed by atoms with van der Waals surface area (Å²) in [6.45, 7) is 5.55. The van der Waals surface area contributed by atoms with Crippen LogP contribution in [0.15, 0.2) is 34.0 Å². The largest absolute Gasteiger partial charge is 0.493 e. The van der Waals surface area contributed by atoms with E-state index < -0.39 is 11.6 Å². The second kappa shape index (κ2) is 6.52. The second-order valence-corrected chi connectivity index (χ2v) is 3.30. The number of carbonyl (C=O) groups is 1. The number of aryl methyl sites for hydroxylation is 1. The van der Waals surface area contributed by atoms with Gasteiger partial charge in [0, 0.05) is 18.6 Å². The van der Waals surface area contributed by atoms with Crippen molar-refractivity contribution in [3.8, 4) is 5.75 Å². The van der Waals surface area contributed by atoms with Crippen molar-refractivity contribution in [1.82, 2.24) is 0 Å². The van der Waals surface area contributed by atoms with Gasteiger partial charge in [-0.05, 0) is 6.92 Å². The summed E-state index contributed by atoms with van der Waals surface area (Å²) < 4.78 is 14.8. The quantitative estimate of drug-likeness (QED) is 0.426. The molecular formula is C12H14O5. The topological polar surface area (TPSA) is 65.7 Å². The lowest BCUT2D eigenvalue weighted by Crippen LogP contribution is -2.08. The van der Waals surface area contributed by atoms with Crippen molar-refractivity contribution in [2.45, 2.75) is 13.3 Å². The number of rotatable bonds is 6. The van der Waals surface area contributed by atoms with Crippen LogP contribution in [-0.2, 0) is 9.53 Å². The average Bonchev–Trinajstić information content (AvgIpc) is 2.27. The van der Waals surface area contributed by atoms with Crippen molar-refractivity contribution in [3.63, 3.8) is 0 Å². The van der Waals surface area contributed by atoms with Crippen molar-refractivity contribution in [2.24, 2.45) is 0 Å². The molecule has 92 valence electrons. The first-order valence-corrected chi connectivity index (χ1v) is 5.15. The number of carbonyl (C=O) groups excluding carboxylic acids is 1. The van der Waals surface area contributed by atoms with Crippen molar-refractivity contribution in [1.29, 1.82) is 0 Å². The Balaban J connectivity index is 2.29. The average molecular weight is 238 g/mol. The summed E-state index contributed by atoms with van der Waals surface area (Å²) in [5, 5.41) is 0. The summed E-state index contributed by atoms with van der Waals surface area (Å²) in [7, 11) is 0. The Labute approximate surface area is 98.7 Å². The summed E-state index contributed by atoms with van der Waals surface area (Å²) in [5.74, 6) is 0.487. The fourth-order valence-electron chi connectivity index (χ4n) is 1.14. The van der Waals surface area contributed by atoms with Gasteiger partial charge in [-0.3, -0.25) is 0 Å². The molecule has 1 aromatic heterocycles. The number of esters is 1. The van der Waals surface area contributed by atoms with E-state index in [0.29, 0.717) is 24.5 Å². The van der Waals surface area contributed by atoms with E-state index in [-0.39, 0.29) is 6.61 Å². The minimum Gasteiger partial charge on any atom is -0.493 e. The molecule has 0 aliphatic heterocycles. The Morgan fingerprint density at radius 3 is 2.88 bits per heavy atom. The van der Waals surface area contributed by atoms with Crippen molar-refractivity contribution in [2.75, 3.05) is 13.2 Å². The van der Waals surface area contributed by atoms with Gasteiger partial charge in [0.05, 0.1) is 19.3 Å². The highest BCUT2D eigenvalue weighted by atomic mass is 16.5. The van der Waals surface area contributed by atoms with Crippen molar-refractivity contribution in [3.05, 3.63) is 41.0 Å². The van der Waals surface area contributed by atoms with Gasteiger partial charge in [-0.25, -0.2) is 9.59 Å². The van der Waals surface area contributed by atoms with Crippen LogP contribution >= 0.6 is 0 Å². The molecular weight excluding hydrogens is 224 g/mol. The fraction of sp³-hybridized carbons (Fsp3) is 0.333. The fourth-order valence-corrected chi connectivity index (χ4v) is 1.14. The molecule has 1 heterocycles. The molecule has 0 spiro atoms. The van der Waals surface area contributed by atoms with Gasteiger partial charge in [-0.1, -0.05) is 6.58 Å². The lowest BCUT2D eigenvalue weighted by molar-refractivity contribution is -0.137. The van der Waals surface area contributed by atoms with Gasteiger partial charge < -0.3 is 13.9 Å². The first kappa shape index (κ1) is 13.0. The van der Waals surface area contributed by atoms with E-state index in [0.717, 1.165) is 6.08 Å². The molecule has 17 heavy (non-hydrogen) atoms. The van der Waals surface area contributed by atoms with Gasteiger partial charge >= 0.3 is 11.6 Å². The zero-order chi connectivity index (χ0) is 12.7. The Morgan fingerprint density at radius 1 is 1.47 bits per heavy atom. The molecule has 1 aromatic rings. The monoisotopic (exact) mass is 238 g/mol. The summed E-state index contributed by atoms with van der Waals surface area (Å²) in [6, 6.07) is 2.89. The van der Waals surface area contributed by atoms with Crippen LogP contribution in [0, 0.1) is 6.92 Å². The van der Waals surface area contributed by atoms with Gasteiger partial charge in [0.1, 0.15) is 11.5 Å². The van der Waals surface area contributed by atoms with Crippen molar-refractivity contribution >= 4 is 5.97 Å². The van der Waals surface area contributed by atoms with Crippen LogP contribution in [0.5, 0.6) is 5.75 Å². The van der Waals surface area contributed by atoms with Crippen molar-refractivity contribution < 1.29 is 18.7 Å². The van der Waals surface area contributed by atoms with Crippen LogP contribution in [0.2, 0.25) is 0 Å². The molecule has 0 amide bonds. The summed E-state index contributed by atoms with van der Waals surface area (Å²) in [5.41, 5.74) is -0.446. The molecule has 0 atom stereocenters. The summed E-state index contributed by atoms with van der Waals surface area (Å²) in [4.78, 5) is 21.7. The first-order chi connectivity index (χ1) is 8.11. The Bertz CT molecular complexity index is 446. The SMILES string of the molecule is C=CC(=O)OCCCOc1cc(C)oc(=O)c1. The number of hydrogen-bond acceptors (Lipinski definition) is 5. The smallest absolute Gasteiger partial charge is 0.339 e. The lowest BCUT2D eigenvalue weighted by atomic mass is 10.4.